The Morgan fingerprint density at radius 1 is 0.889 bits per heavy atom. The van der Waals surface area contributed by atoms with Crippen molar-refractivity contribution in [1.29, 1.82) is 0 Å². The highest BCUT2D eigenvalue weighted by atomic mass is 16.1. The van der Waals surface area contributed by atoms with Gasteiger partial charge < -0.3 is 5.32 Å². The molecule has 2 saturated heterocycles. The molecule has 1 aromatic carbocycles. The summed E-state index contributed by atoms with van der Waals surface area (Å²) in [7, 11) is 0. The van der Waals surface area contributed by atoms with Gasteiger partial charge in [-0.15, -0.1) is 0 Å². The molecule has 2 N–H and O–H groups in total. The number of hydrogen-bond donors (Lipinski definition) is 2. The summed E-state index contributed by atoms with van der Waals surface area (Å²) in [6.07, 6.45) is 10.6. The van der Waals surface area contributed by atoms with Crippen LogP contribution in [0, 0.1) is 0 Å². The lowest BCUT2D eigenvalue weighted by atomic mass is 10.0. The van der Waals surface area contributed by atoms with Gasteiger partial charge in [-0.1, -0.05) is 12.5 Å². The number of carbonyl (C=O) groups excluding carboxylic acids is 1. The van der Waals surface area contributed by atoms with E-state index in [2.05, 4.69) is 41.3 Å². The van der Waals surface area contributed by atoms with Crippen molar-refractivity contribution in [3.8, 4) is 11.1 Å². The number of aromatic nitrogens is 4. The number of amides is 1. The number of pyridine rings is 2. The van der Waals surface area contributed by atoms with Gasteiger partial charge in [-0.3, -0.25) is 29.7 Å². The minimum Gasteiger partial charge on any atom is -0.320 e. The van der Waals surface area contributed by atoms with Crippen molar-refractivity contribution in [1.82, 2.24) is 30.0 Å². The van der Waals surface area contributed by atoms with Crippen LogP contribution in [0.15, 0.2) is 55.0 Å². The summed E-state index contributed by atoms with van der Waals surface area (Å²) in [5, 5.41) is 11.1. The van der Waals surface area contributed by atoms with Crippen molar-refractivity contribution in [3.05, 3.63) is 71.9 Å². The van der Waals surface area contributed by atoms with Crippen LogP contribution in [-0.4, -0.2) is 62.1 Å². The van der Waals surface area contributed by atoms with Crippen molar-refractivity contribution in [2.24, 2.45) is 0 Å². The first-order valence-electron chi connectivity index (χ1n) is 12.8. The molecule has 0 atom stereocenters. The van der Waals surface area contributed by atoms with Gasteiger partial charge in [0.05, 0.1) is 11.2 Å². The normalized spacial score (nSPS) is 16.7. The first kappa shape index (κ1) is 22.8. The predicted molar refractivity (Wildman–Crippen MR) is 141 cm³/mol. The lowest BCUT2D eigenvalue weighted by molar-refractivity contribution is 0.102. The lowest BCUT2D eigenvalue weighted by Crippen LogP contribution is -2.36. The number of nitrogens with zero attached hydrogens (tertiary/aromatic N) is 5. The van der Waals surface area contributed by atoms with Crippen LogP contribution < -0.4 is 5.32 Å². The zero-order valence-corrected chi connectivity index (χ0v) is 20.4. The van der Waals surface area contributed by atoms with E-state index in [0.29, 0.717) is 5.69 Å². The van der Waals surface area contributed by atoms with Gasteiger partial charge in [0.2, 0.25) is 0 Å². The van der Waals surface area contributed by atoms with Crippen molar-refractivity contribution in [3.63, 3.8) is 0 Å². The second kappa shape index (κ2) is 10.2. The van der Waals surface area contributed by atoms with E-state index in [1.54, 1.807) is 6.20 Å². The summed E-state index contributed by atoms with van der Waals surface area (Å²) >= 11 is 0. The van der Waals surface area contributed by atoms with Crippen molar-refractivity contribution in [2.75, 3.05) is 31.5 Å². The number of rotatable bonds is 7. The van der Waals surface area contributed by atoms with Crippen LogP contribution >= 0.6 is 0 Å². The van der Waals surface area contributed by atoms with Crippen LogP contribution in [0.4, 0.5) is 5.69 Å². The Balaban J connectivity index is 1.20. The summed E-state index contributed by atoms with van der Waals surface area (Å²) in [5.41, 5.74) is 6.17. The predicted octanol–water partition coefficient (Wildman–Crippen LogP) is 4.46. The van der Waals surface area contributed by atoms with E-state index in [0.717, 1.165) is 72.7 Å². The van der Waals surface area contributed by atoms with Crippen LogP contribution in [-0.2, 0) is 13.1 Å². The Morgan fingerprint density at radius 2 is 1.72 bits per heavy atom. The van der Waals surface area contributed by atoms with Gasteiger partial charge in [-0.05, 0) is 86.9 Å². The molecule has 0 bridgehead atoms. The van der Waals surface area contributed by atoms with Crippen LogP contribution in [0.3, 0.4) is 0 Å². The maximum Gasteiger partial charge on any atom is 0.276 e. The quantitative estimate of drug-likeness (QED) is 0.405. The molecule has 3 aromatic heterocycles. The molecule has 2 fully saturated rings. The van der Waals surface area contributed by atoms with E-state index in [1.807, 2.05) is 42.7 Å². The van der Waals surface area contributed by atoms with Crippen LogP contribution in [0.25, 0.3) is 22.0 Å². The zero-order chi connectivity index (χ0) is 24.3. The van der Waals surface area contributed by atoms with E-state index in [4.69, 9.17) is 0 Å². The third-order valence-electron chi connectivity index (χ3n) is 7.17. The summed E-state index contributed by atoms with van der Waals surface area (Å²) in [6.45, 7) is 6.26. The van der Waals surface area contributed by atoms with Gasteiger partial charge in [-0.2, -0.15) is 5.10 Å². The first-order chi connectivity index (χ1) is 17.7. The fourth-order valence-electron chi connectivity index (χ4n) is 5.08. The van der Waals surface area contributed by atoms with Crippen LogP contribution in [0.2, 0.25) is 0 Å². The van der Waals surface area contributed by atoms with E-state index in [9.17, 15) is 4.79 Å². The SMILES string of the molecule is O=C(Nc1ccnc(CN2CCCCC2)c1)c1n[nH]c2ccc(-c3cncc(CN4CCC4)c3)cc12. The molecule has 0 unspecified atom stereocenters. The molecule has 8 heteroatoms. The number of carbonyl (C=O) groups is 1. The summed E-state index contributed by atoms with van der Waals surface area (Å²) < 4.78 is 0. The maximum atomic E-state index is 13.2. The Morgan fingerprint density at radius 3 is 2.56 bits per heavy atom. The standard InChI is InChI=1S/C28H31N7O/c36-28(31-23-7-8-30-24(15-23)19-35-9-2-1-3-10-35)27-25-14-21(5-6-26(25)32-33-27)22-13-20(16-29-17-22)18-34-11-4-12-34/h5-8,13-17H,1-4,9-12,18-19H2,(H,32,33)(H,30,31,36). The Hall–Kier alpha value is -3.62. The lowest BCUT2D eigenvalue weighted by Gasteiger charge is -2.30. The molecule has 36 heavy (non-hydrogen) atoms. The number of aromatic amines is 1. The van der Waals surface area contributed by atoms with Crippen LogP contribution in [0.1, 0.15) is 47.4 Å². The maximum absolute atomic E-state index is 13.2. The summed E-state index contributed by atoms with van der Waals surface area (Å²) in [5.74, 6) is -0.238. The van der Waals surface area contributed by atoms with E-state index in [1.165, 1.54) is 31.2 Å². The second-order valence-corrected chi connectivity index (χ2v) is 9.87. The van der Waals surface area contributed by atoms with E-state index < -0.39 is 0 Å². The number of hydrogen-bond acceptors (Lipinski definition) is 6. The topological polar surface area (TPSA) is 90.0 Å². The van der Waals surface area contributed by atoms with E-state index in [-0.39, 0.29) is 5.91 Å². The molecule has 1 amide bonds. The largest absolute Gasteiger partial charge is 0.320 e. The van der Waals surface area contributed by atoms with Crippen molar-refractivity contribution < 1.29 is 4.79 Å². The third kappa shape index (κ3) is 5.01. The molecule has 8 nitrogen and oxygen atoms in total. The fraction of sp³-hybridized carbons (Fsp3) is 0.357. The minimum atomic E-state index is -0.238. The van der Waals surface area contributed by atoms with Crippen molar-refractivity contribution >= 4 is 22.5 Å². The molecule has 2 aliphatic heterocycles. The average Bonchev–Trinajstić information content (AvgIpc) is 3.31. The van der Waals surface area contributed by atoms with Gasteiger partial charge in [0.1, 0.15) is 0 Å². The van der Waals surface area contributed by atoms with E-state index >= 15 is 0 Å². The Kier molecular flexibility index (Phi) is 6.44. The van der Waals surface area contributed by atoms with Gasteiger partial charge in [0, 0.05) is 48.3 Å². The zero-order valence-electron chi connectivity index (χ0n) is 20.4. The molecule has 6 rings (SSSR count). The van der Waals surface area contributed by atoms with Gasteiger partial charge in [-0.25, -0.2) is 0 Å². The third-order valence-corrected chi connectivity index (χ3v) is 7.17. The molecule has 5 heterocycles. The number of nitrogens with one attached hydrogen (secondary N) is 2. The van der Waals surface area contributed by atoms with Gasteiger partial charge in [0.25, 0.3) is 5.91 Å². The highest BCUT2D eigenvalue weighted by molar-refractivity contribution is 6.11. The first-order valence-corrected chi connectivity index (χ1v) is 12.8. The molecule has 0 radical (unpaired) electrons. The molecule has 4 aromatic rings. The molecular formula is C28H31N7O. The van der Waals surface area contributed by atoms with Crippen LogP contribution in [0.5, 0.6) is 0 Å². The number of likely N-dealkylation sites (tertiary alicyclic amines) is 2. The number of piperidine rings is 1. The smallest absolute Gasteiger partial charge is 0.276 e. The molecular weight excluding hydrogens is 450 g/mol. The monoisotopic (exact) mass is 481 g/mol. The summed E-state index contributed by atoms with van der Waals surface area (Å²) in [6, 6.07) is 12.0. The number of fused-ring (bicyclic) bond motifs is 1. The Bertz CT molecular complexity index is 1370. The van der Waals surface area contributed by atoms with Crippen molar-refractivity contribution in [2.45, 2.75) is 38.8 Å². The number of benzene rings is 1. The Labute approximate surface area is 210 Å². The van der Waals surface area contributed by atoms with Gasteiger partial charge >= 0.3 is 0 Å². The number of anilines is 1. The second-order valence-electron chi connectivity index (χ2n) is 9.87. The molecule has 0 aliphatic carbocycles. The minimum absolute atomic E-state index is 0.238. The highest BCUT2D eigenvalue weighted by Gasteiger charge is 2.18. The highest BCUT2D eigenvalue weighted by Crippen LogP contribution is 2.27. The molecule has 184 valence electrons. The number of H-pyrrole nitrogens is 1. The molecule has 0 spiro atoms. The molecule has 2 aliphatic rings. The van der Waals surface area contributed by atoms with Gasteiger partial charge in [0.15, 0.2) is 5.69 Å². The molecule has 0 saturated carbocycles. The summed E-state index contributed by atoms with van der Waals surface area (Å²) in [4.78, 5) is 27.0. The fourth-order valence-corrected chi connectivity index (χ4v) is 5.08. The average molecular weight is 482 g/mol.